The highest BCUT2D eigenvalue weighted by molar-refractivity contribution is 6.67. The van der Waals surface area contributed by atoms with Gasteiger partial charge in [0.2, 0.25) is 0 Å². The van der Waals surface area contributed by atoms with Crippen molar-refractivity contribution in [2.75, 3.05) is 5.88 Å². The molecule has 0 radical (unpaired) electrons. The van der Waals surface area contributed by atoms with Gasteiger partial charge in [-0.15, -0.1) is 11.6 Å². The van der Waals surface area contributed by atoms with Crippen LogP contribution in [0, 0.1) is 0 Å². The summed E-state index contributed by atoms with van der Waals surface area (Å²) in [7, 11) is 0. The second-order valence-corrected chi connectivity index (χ2v) is 3.22. The number of hydrogen-bond acceptors (Lipinski definition) is 0. The predicted octanol–water partition coefficient (Wildman–Crippen LogP) is 4.31. The molecule has 56 valence electrons. The maximum absolute atomic E-state index is 5.00. The summed E-state index contributed by atoms with van der Waals surface area (Å²) in [6.07, 6.45) is 0. The second kappa shape index (κ2) is 9.19. The Balaban J connectivity index is 0. The Morgan fingerprint density at radius 3 is 1.11 bits per heavy atom. The minimum atomic E-state index is -0.0988. The van der Waals surface area contributed by atoms with Crippen molar-refractivity contribution in [1.29, 1.82) is 0 Å². The van der Waals surface area contributed by atoms with E-state index in [1.807, 2.05) is 6.92 Å². The van der Waals surface area contributed by atoms with E-state index in [1.165, 1.54) is 0 Å². The molecule has 0 amide bonds. The largest absolute Gasteiger partial charge is 0.136 e. The van der Waals surface area contributed by atoms with Crippen LogP contribution < -0.4 is 0 Å². The van der Waals surface area contributed by atoms with Gasteiger partial charge < -0.3 is 0 Å². The van der Waals surface area contributed by atoms with E-state index < -0.39 is 0 Å². The van der Waals surface area contributed by atoms with E-state index in [4.69, 9.17) is 58.0 Å². The predicted molar refractivity (Wildman–Crippen MR) is 46.8 cm³/mol. The van der Waals surface area contributed by atoms with Crippen LogP contribution in [-0.4, -0.2) is 5.88 Å². The zero-order valence-electron chi connectivity index (χ0n) is 4.60. The smallest absolute Gasteiger partial charge is 0.127 e. The highest BCUT2D eigenvalue weighted by Gasteiger charge is 1.88. The first-order valence-corrected chi connectivity index (χ1v) is 4.03. The molecule has 0 N–H and O–H groups in total. The molecule has 0 aliphatic rings. The first-order valence-electron chi connectivity index (χ1n) is 1.98. The van der Waals surface area contributed by atoms with Gasteiger partial charge in [-0.05, 0) is 0 Å². The van der Waals surface area contributed by atoms with Crippen LogP contribution in [0.25, 0.3) is 0 Å². The van der Waals surface area contributed by atoms with Crippen molar-refractivity contribution < 1.29 is 0 Å². The van der Waals surface area contributed by atoms with Gasteiger partial charge in [0.25, 0.3) is 0 Å². The minimum absolute atomic E-state index is 0.0988. The molecule has 0 aromatic carbocycles. The van der Waals surface area contributed by atoms with Crippen molar-refractivity contribution in [3.63, 3.8) is 0 Å². The molecule has 5 heteroatoms. The Hall–Kier alpha value is 1.19. The van der Waals surface area contributed by atoms with Crippen LogP contribution in [-0.2, 0) is 0 Å². The zero-order chi connectivity index (χ0) is 7.86. The second-order valence-electron chi connectivity index (χ2n) is 0.788. The molecular weight excluding hydrogens is 225 g/mol. The minimum Gasteiger partial charge on any atom is -0.127 e. The van der Waals surface area contributed by atoms with Gasteiger partial charge in [-0.25, -0.2) is 0 Å². The fourth-order valence-electron chi connectivity index (χ4n) is 0. The van der Waals surface area contributed by atoms with Gasteiger partial charge in [0.05, 0.1) is 0 Å². The Morgan fingerprint density at radius 1 is 1.00 bits per heavy atom. The molecule has 0 aliphatic heterocycles. The third kappa shape index (κ3) is 17.6. The van der Waals surface area contributed by atoms with E-state index >= 15 is 0 Å². The molecule has 0 heterocycles. The van der Waals surface area contributed by atoms with Gasteiger partial charge in [-0.3, -0.25) is 0 Å². The van der Waals surface area contributed by atoms with E-state index in [1.54, 1.807) is 0 Å². The van der Waals surface area contributed by atoms with E-state index in [-0.39, 0.29) is 8.98 Å². The van der Waals surface area contributed by atoms with Crippen LogP contribution in [0.1, 0.15) is 6.92 Å². The van der Waals surface area contributed by atoms with Gasteiger partial charge in [0, 0.05) is 5.88 Å². The topological polar surface area (TPSA) is 0 Å². The molecule has 0 aromatic heterocycles. The zero-order valence-corrected chi connectivity index (χ0v) is 8.38. The molecule has 0 saturated carbocycles. The van der Waals surface area contributed by atoms with E-state index in [0.29, 0.717) is 0 Å². The third-order valence-corrected chi connectivity index (χ3v) is 1.29. The molecule has 9 heavy (non-hydrogen) atoms. The summed E-state index contributed by atoms with van der Waals surface area (Å²) >= 11 is 25.0. The van der Waals surface area contributed by atoms with Gasteiger partial charge in [-0.2, -0.15) is 0 Å². The number of hydrogen-bond donors (Lipinski definition) is 0. The van der Waals surface area contributed by atoms with Crippen LogP contribution in [0.15, 0.2) is 8.98 Å². The average Bonchev–Trinajstić information content (AvgIpc) is 1.68. The fraction of sp³-hybridized carbons (Fsp3) is 0.500. The lowest BCUT2D eigenvalue weighted by Crippen LogP contribution is -1.47. The van der Waals surface area contributed by atoms with Crippen molar-refractivity contribution in [3.8, 4) is 0 Å². The Labute approximate surface area is 79.7 Å². The first-order chi connectivity index (χ1) is 4.06. The Morgan fingerprint density at radius 2 is 1.11 bits per heavy atom. The Kier molecular flexibility index (Phi) is 13.1. The van der Waals surface area contributed by atoms with Crippen LogP contribution in [0.4, 0.5) is 0 Å². The highest BCUT2D eigenvalue weighted by Crippen LogP contribution is 2.20. The maximum Gasteiger partial charge on any atom is 0.136 e. The highest BCUT2D eigenvalue weighted by atomic mass is 35.5. The van der Waals surface area contributed by atoms with Crippen LogP contribution in [0.5, 0.6) is 0 Å². The molecule has 0 aromatic rings. The quantitative estimate of drug-likeness (QED) is 0.544. The number of halogens is 5. The summed E-state index contributed by atoms with van der Waals surface area (Å²) in [5.74, 6) is 0.722. The normalized spacial score (nSPS) is 7.33. The third-order valence-electron chi connectivity index (χ3n) is 0.143. The van der Waals surface area contributed by atoms with Crippen molar-refractivity contribution in [2.24, 2.45) is 0 Å². The molecule has 0 unspecified atom stereocenters. The van der Waals surface area contributed by atoms with Crippen LogP contribution >= 0.6 is 58.0 Å². The summed E-state index contributed by atoms with van der Waals surface area (Å²) in [6.45, 7) is 1.89. The van der Waals surface area contributed by atoms with Crippen LogP contribution in [0.3, 0.4) is 0 Å². The van der Waals surface area contributed by atoms with E-state index in [2.05, 4.69) is 0 Å². The summed E-state index contributed by atoms with van der Waals surface area (Å²) in [5, 5.41) is 0. The molecule has 0 rings (SSSR count). The van der Waals surface area contributed by atoms with Crippen molar-refractivity contribution in [3.05, 3.63) is 8.98 Å². The van der Waals surface area contributed by atoms with Crippen molar-refractivity contribution in [1.82, 2.24) is 0 Å². The van der Waals surface area contributed by atoms with Gasteiger partial charge in [-0.1, -0.05) is 53.3 Å². The fourth-order valence-corrected chi connectivity index (χ4v) is 0. The van der Waals surface area contributed by atoms with Crippen molar-refractivity contribution in [2.45, 2.75) is 6.92 Å². The lowest BCUT2D eigenvalue weighted by molar-refractivity contribution is 1.51. The molecule has 0 atom stereocenters. The molecule has 0 saturated heterocycles. The van der Waals surface area contributed by atoms with E-state index in [0.717, 1.165) is 5.88 Å². The van der Waals surface area contributed by atoms with Gasteiger partial charge >= 0.3 is 0 Å². The summed E-state index contributed by atoms with van der Waals surface area (Å²) in [6, 6.07) is 0. The average molecular weight is 230 g/mol. The summed E-state index contributed by atoms with van der Waals surface area (Å²) < 4.78 is -0.198. The lowest BCUT2D eigenvalue weighted by Gasteiger charge is -1.75. The standard InChI is InChI=1S/C2Cl4.C2H5Cl/c3-1(4)2(5)6;1-2-3/h;2H2,1H3. The van der Waals surface area contributed by atoms with E-state index in [9.17, 15) is 0 Å². The number of alkyl halides is 1. The summed E-state index contributed by atoms with van der Waals surface area (Å²) in [4.78, 5) is 0. The monoisotopic (exact) mass is 228 g/mol. The van der Waals surface area contributed by atoms with Gasteiger partial charge in [0.1, 0.15) is 8.98 Å². The molecule has 0 spiro atoms. The maximum atomic E-state index is 5.00. The van der Waals surface area contributed by atoms with Crippen LogP contribution in [0.2, 0.25) is 0 Å². The summed E-state index contributed by atoms with van der Waals surface area (Å²) in [5.41, 5.74) is 0. The van der Waals surface area contributed by atoms with Crippen molar-refractivity contribution >= 4 is 58.0 Å². The molecule has 0 nitrogen and oxygen atoms in total. The lowest BCUT2D eigenvalue weighted by atomic mass is 11.0. The molecule has 0 bridgehead atoms. The number of rotatable bonds is 0. The van der Waals surface area contributed by atoms with Gasteiger partial charge in [0.15, 0.2) is 0 Å². The molecule has 0 aliphatic carbocycles. The SMILES string of the molecule is CCCl.ClC(Cl)=C(Cl)Cl. The first kappa shape index (κ1) is 12.8. The molecular formula is C4H5Cl5. The Bertz CT molecular complexity index is 69.0. The molecule has 0 fully saturated rings.